The minimum atomic E-state index is 0.0567. The quantitative estimate of drug-likeness (QED) is 0.233. The molecule has 3 aliphatic rings. The molecule has 1 nitrogen and oxygen atoms in total. The first-order valence-electron chi connectivity index (χ1n) is 13.7. The van der Waals surface area contributed by atoms with Crippen LogP contribution >= 0.6 is 0 Å². The first kappa shape index (κ1) is 21.2. The Morgan fingerprint density at radius 2 is 1.15 bits per heavy atom. The van der Waals surface area contributed by atoms with Gasteiger partial charge in [-0.3, -0.25) is 0 Å². The molecule has 0 aromatic heterocycles. The van der Waals surface area contributed by atoms with E-state index in [4.69, 9.17) is 4.74 Å². The third-order valence-electron chi connectivity index (χ3n) is 8.87. The summed E-state index contributed by atoms with van der Waals surface area (Å²) >= 11 is 0. The summed E-state index contributed by atoms with van der Waals surface area (Å²) in [6, 6.07) is 48.6. The summed E-state index contributed by atoms with van der Waals surface area (Å²) in [5.74, 6) is 2.18. The summed E-state index contributed by atoms with van der Waals surface area (Å²) in [5, 5.41) is 0. The summed E-state index contributed by atoms with van der Waals surface area (Å²) in [7, 11) is 0. The molecule has 9 rings (SSSR count). The first-order chi connectivity index (χ1) is 19.4. The fourth-order valence-corrected chi connectivity index (χ4v) is 7.37. The SMILES string of the molecule is c1ccc(-c2ccccc2B2c3ccccc3Oc3ccc4c(c32)-c2cccc3c2C4c2ccccc2-3)cc1. The minimum Gasteiger partial charge on any atom is -0.458 e. The van der Waals surface area contributed by atoms with Crippen molar-refractivity contribution in [3.05, 3.63) is 150 Å². The van der Waals surface area contributed by atoms with Gasteiger partial charge in [-0.15, -0.1) is 0 Å². The lowest BCUT2D eigenvalue weighted by Gasteiger charge is -2.30. The summed E-state index contributed by atoms with van der Waals surface area (Å²) in [6.45, 7) is 0.0567. The predicted molar refractivity (Wildman–Crippen MR) is 161 cm³/mol. The van der Waals surface area contributed by atoms with E-state index >= 15 is 0 Å². The number of hydrogen-bond donors (Lipinski definition) is 0. The molecule has 6 aromatic carbocycles. The highest BCUT2D eigenvalue weighted by molar-refractivity contribution is 6.98. The predicted octanol–water partition coefficient (Wildman–Crippen LogP) is 7.12. The Hall–Kier alpha value is -4.82. The van der Waals surface area contributed by atoms with Crippen LogP contribution in [0.15, 0.2) is 133 Å². The van der Waals surface area contributed by atoms with E-state index in [-0.39, 0.29) is 12.6 Å². The second-order valence-electron chi connectivity index (χ2n) is 10.8. The van der Waals surface area contributed by atoms with Gasteiger partial charge in [0.2, 0.25) is 0 Å². The van der Waals surface area contributed by atoms with Gasteiger partial charge >= 0.3 is 0 Å². The number of para-hydroxylation sites is 1. The lowest BCUT2D eigenvalue weighted by atomic mass is 9.34. The summed E-state index contributed by atoms with van der Waals surface area (Å²) in [5.41, 5.74) is 16.0. The molecule has 1 unspecified atom stereocenters. The number of rotatable bonds is 2. The van der Waals surface area contributed by atoms with Gasteiger partial charge in [-0.05, 0) is 73.1 Å². The average Bonchev–Trinajstić information content (AvgIpc) is 3.53. The van der Waals surface area contributed by atoms with E-state index in [2.05, 4.69) is 133 Å². The Kier molecular flexibility index (Phi) is 4.26. The third kappa shape index (κ3) is 2.81. The van der Waals surface area contributed by atoms with Crippen molar-refractivity contribution >= 4 is 23.1 Å². The topological polar surface area (TPSA) is 9.23 Å². The van der Waals surface area contributed by atoms with Crippen molar-refractivity contribution in [2.24, 2.45) is 0 Å². The van der Waals surface area contributed by atoms with E-state index in [1.54, 1.807) is 0 Å². The van der Waals surface area contributed by atoms with Crippen molar-refractivity contribution in [1.82, 2.24) is 0 Å². The zero-order chi connectivity index (χ0) is 25.5. The van der Waals surface area contributed by atoms with Crippen LogP contribution in [0.3, 0.4) is 0 Å². The summed E-state index contributed by atoms with van der Waals surface area (Å²) in [4.78, 5) is 0. The van der Waals surface area contributed by atoms with Gasteiger partial charge in [0.25, 0.3) is 6.71 Å². The molecule has 6 aromatic rings. The van der Waals surface area contributed by atoms with E-state index in [0.717, 1.165) is 11.5 Å². The van der Waals surface area contributed by atoms with Crippen LogP contribution in [0.4, 0.5) is 0 Å². The maximum absolute atomic E-state index is 6.67. The molecule has 0 N–H and O–H groups in total. The van der Waals surface area contributed by atoms with Crippen molar-refractivity contribution < 1.29 is 4.74 Å². The van der Waals surface area contributed by atoms with Crippen LogP contribution in [0.1, 0.15) is 22.6 Å². The van der Waals surface area contributed by atoms with Crippen LogP contribution in [0.2, 0.25) is 0 Å². The molecule has 180 valence electrons. The lowest BCUT2D eigenvalue weighted by Crippen LogP contribution is -2.56. The smallest absolute Gasteiger partial charge is 0.252 e. The second-order valence-corrected chi connectivity index (χ2v) is 10.8. The maximum Gasteiger partial charge on any atom is 0.252 e. The Morgan fingerprint density at radius 3 is 2.05 bits per heavy atom. The molecule has 0 radical (unpaired) electrons. The molecular formula is C37H23BO. The van der Waals surface area contributed by atoms with Gasteiger partial charge in [0, 0.05) is 5.92 Å². The monoisotopic (exact) mass is 494 g/mol. The van der Waals surface area contributed by atoms with Crippen LogP contribution < -0.4 is 21.1 Å². The fourth-order valence-electron chi connectivity index (χ4n) is 7.37. The van der Waals surface area contributed by atoms with Gasteiger partial charge in [0.15, 0.2) is 0 Å². The van der Waals surface area contributed by atoms with Crippen LogP contribution in [-0.2, 0) is 0 Å². The van der Waals surface area contributed by atoms with Crippen LogP contribution in [0.5, 0.6) is 11.5 Å². The molecule has 0 spiro atoms. The van der Waals surface area contributed by atoms with Crippen molar-refractivity contribution in [2.45, 2.75) is 5.92 Å². The Balaban J connectivity index is 1.37. The summed E-state index contributed by atoms with van der Waals surface area (Å²) in [6.07, 6.45) is 0. The van der Waals surface area contributed by atoms with Gasteiger partial charge in [-0.2, -0.15) is 0 Å². The molecule has 0 amide bonds. The minimum absolute atomic E-state index is 0.0567. The number of hydrogen-bond acceptors (Lipinski definition) is 1. The Labute approximate surface area is 228 Å². The van der Waals surface area contributed by atoms with E-state index in [1.165, 1.54) is 66.5 Å². The molecule has 1 aliphatic heterocycles. The van der Waals surface area contributed by atoms with Gasteiger partial charge in [-0.25, -0.2) is 0 Å². The Morgan fingerprint density at radius 1 is 0.462 bits per heavy atom. The zero-order valence-electron chi connectivity index (χ0n) is 21.3. The fraction of sp³-hybridized carbons (Fsp3) is 0.0270. The Bertz CT molecular complexity index is 1960. The van der Waals surface area contributed by atoms with Crippen molar-refractivity contribution in [2.75, 3.05) is 0 Å². The molecule has 0 bridgehead atoms. The van der Waals surface area contributed by atoms with Crippen molar-refractivity contribution in [3.8, 4) is 44.9 Å². The largest absolute Gasteiger partial charge is 0.458 e. The molecule has 39 heavy (non-hydrogen) atoms. The average molecular weight is 494 g/mol. The van der Waals surface area contributed by atoms with Crippen LogP contribution in [0.25, 0.3) is 33.4 Å². The second kappa shape index (κ2) is 7.85. The van der Waals surface area contributed by atoms with Gasteiger partial charge in [-0.1, -0.05) is 127 Å². The zero-order valence-corrected chi connectivity index (χ0v) is 21.3. The number of ether oxygens (including phenoxy) is 1. The molecular weight excluding hydrogens is 471 g/mol. The normalized spacial score (nSPS) is 15.1. The maximum atomic E-state index is 6.67. The lowest BCUT2D eigenvalue weighted by molar-refractivity contribution is 0.487. The molecule has 2 aliphatic carbocycles. The summed E-state index contributed by atoms with van der Waals surface area (Å²) < 4.78 is 6.67. The highest BCUT2D eigenvalue weighted by atomic mass is 16.5. The molecule has 0 fully saturated rings. The highest BCUT2D eigenvalue weighted by Crippen LogP contribution is 2.58. The van der Waals surface area contributed by atoms with E-state index in [9.17, 15) is 0 Å². The number of fused-ring (bicyclic) bond motifs is 9. The van der Waals surface area contributed by atoms with E-state index in [1.807, 2.05) is 0 Å². The van der Waals surface area contributed by atoms with Gasteiger partial charge < -0.3 is 4.74 Å². The van der Waals surface area contributed by atoms with E-state index in [0.29, 0.717) is 0 Å². The molecule has 0 saturated heterocycles. The van der Waals surface area contributed by atoms with E-state index < -0.39 is 0 Å². The van der Waals surface area contributed by atoms with Crippen molar-refractivity contribution in [3.63, 3.8) is 0 Å². The third-order valence-corrected chi connectivity index (χ3v) is 8.87. The first-order valence-corrected chi connectivity index (χ1v) is 13.7. The van der Waals surface area contributed by atoms with Gasteiger partial charge in [0.05, 0.1) is 0 Å². The van der Waals surface area contributed by atoms with Crippen LogP contribution in [-0.4, -0.2) is 6.71 Å². The van der Waals surface area contributed by atoms with Crippen molar-refractivity contribution in [1.29, 1.82) is 0 Å². The standard InChI is InChI=1S/C37H23BO/c1-2-11-23(12-3-1)24-13-6-7-18-30(24)38-31-19-8-9-20-32(31)39-33-22-21-29-35-26-15-5-4-14-25(26)27-16-10-17-28(34(27)35)36(29)37(33)38/h1-22,35H. The number of benzene rings is 6. The van der Waals surface area contributed by atoms with Crippen LogP contribution in [0, 0.1) is 0 Å². The molecule has 2 heteroatoms. The van der Waals surface area contributed by atoms with Gasteiger partial charge in [0.1, 0.15) is 11.5 Å². The molecule has 1 atom stereocenters. The highest BCUT2D eigenvalue weighted by Gasteiger charge is 2.44. The molecule has 1 heterocycles. The molecule has 0 saturated carbocycles.